The Labute approximate surface area is 129 Å². The zero-order valence-electron chi connectivity index (χ0n) is 12.6. The molecule has 0 aromatic heterocycles. The van der Waals surface area contributed by atoms with Gasteiger partial charge in [0.1, 0.15) is 0 Å². The second kappa shape index (κ2) is 5.44. The first kappa shape index (κ1) is 14.4. The summed E-state index contributed by atoms with van der Waals surface area (Å²) in [6.07, 6.45) is 4.54. The van der Waals surface area contributed by atoms with Crippen LogP contribution < -0.4 is 0 Å². The topological polar surface area (TPSA) is 65.1 Å². The molecule has 0 aromatic rings. The molecule has 22 heavy (non-hydrogen) atoms. The zero-order chi connectivity index (χ0) is 15.2. The third kappa shape index (κ3) is 2.30. The van der Waals surface area contributed by atoms with E-state index >= 15 is 0 Å². The molecule has 2 saturated heterocycles. The summed E-state index contributed by atoms with van der Waals surface area (Å²) in [7, 11) is 0. The Morgan fingerprint density at radius 3 is 2.27 bits per heavy atom. The highest BCUT2D eigenvalue weighted by atomic mass is 16.7. The summed E-state index contributed by atoms with van der Waals surface area (Å²) >= 11 is 0. The van der Waals surface area contributed by atoms with Gasteiger partial charge in [-0.2, -0.15) is 0 Å². The number of amides is 2. The maximum atomic E-state index is 12.5. The second-order valence-corrected chi connectivity index (χ2v) is 6.44. The molecule has 0 aromatic carbocycles. The van der Waals surface area contributed by atoms with E-state index in [1.54, 1.807) is 0 Å². The fourth-order valence-electron chi connectivity index (χ4n) is 3.93. The number of imide groups is 1. The van der Waals surface area contributed by atoms with Crippen molar-refractivity contribution in [2.45, 2.75) is 50.4 Å². The Bertz CT molecular complexity index is 507. The summed E-state index contributed by atoms with van der Waals surface area (Å²) in [4.78, 5) is 26.3. The molecule has 2 amide bonds. The van der Waals surface area contributed by atoms with Crippen LogP contribution in [0.3, 0.4) is 0 Å². The van der Waals surface area contributed by atoms with E-state index in [4.69, 9.17) is 14.2 Å². The molecule has 3 heterocycles. The average molecular weight is 307 g/mol. The summed E-state index contributed by atoms with van der Waals surface area (Å²) < 4.78 is 17.2. The Morgan fingerprint density at radius 2 is 1.64 bits per heavy atom. The number of rotatable bonds is 2. The Kier molecular flexibility index (Phi) is 3.55. The van der Waals surface area contributed by atoms with Gasteiger partial charge in [0.25, 0.3) is 11.8 Å². The van der Waals surface area contributed by atoms with Crippen LogP contribution in [0.5, 0.6) is 0 Å². The first-order valence-corrected chi connectivity index (χ1v) is 8.16. The minimum atomic E-state index is -0.568. The molecule has 1 atom stereocenters. The first-order chi connectivity index (χ1) is 10.7. The van der Waals surface area contributed by atoms with Crippen LogP contribution >= 0.6 is 0 Å². The number of carbonyl (C=O) groups excluding carboxylic acids is 2. The molecule has 0 N–H and O–H groups in total. The van der Waals surface area contributed by atoms with Crippen LogP contribution in [0.1, 0.15) is 38.5 Å². The van der Waals surface area contributed by atoms with Crippen LogP contribution in [-0.2, 0) is 23.8 Å². The summed E-state index contributed by atoms with van der Waals surface area (Å²) in [5, 5.41) is 0. The molecule has 0 saturated carbocycles. The van der Waals surface area contributed by atoms with Gasteiger partial charge in [0.15, 0.2) is 5.79 Å². The van der Waals surface area contributed by atoms with E-state index in [2.05, 4.69) is 0 Å². The highest BCUT2D eigenvalue weighted by Crippen LogP contribution is 2.36. The van der Waals surface area contributed by atoms with Crippen LogP contribution in [-0.4, -0.2) is 55.0 Å². The van der Waals surface area contributed by atoms with Crippen molar-refractivity contribution >= 4 is 11.8 Å². The van der Waals surface area contributed by atoms with Crippen molar-refractivity contribution < 1.29 is 23.8 Å². The third-order valence-electron chi connectivity index (χ3n) is 5.05. The van der Waals surface area contributed by atoms with E-state index in [0.717, 1.165) is 36.8 Å². The fourth-order valence-corrected chi connectivity index (χ4v) is 3.93. The van der Waals surface area contributed by atoms with Crippen molar-refractivity contribution in [3.05, 3.63) is 11.1 Å². The van der Waals surface area contributed by atoms with Gasteiger partial charge in [-0.05, 0) is 25.7 Å². The minimum Gasteiger partial charge on any atom is -0.376 e. The van der Waals surface area contributed by atoms with E-state index < -0.39 is 5.79 Å². The predicted octanol–water partition coefficient (Wildman–Crippen LogP) is 1.15. The van der Waals surface area contributed by atoms with Crippen molar-refractivity contribution in [1.29, 1.82) is 0 Å². The van der Waals surface area contributed by atoms with E-state index in [1.807, 2.05) is 0 Å². The van der Waals surface area contributed by atoms with Gasteiger partial charge in [-0.1, -0.05) is 0 Å². The van der Waals surface area contributed by atoms with Crippen LogP contribution in [0.4, 0.5) is 0 Å². The molecule has 1 spiro atoms. The average Bonchev–Trinajstić information content (AvgIpc) is 3.07. The largest absolute Gasteiger partial charge is 0.376 e. The zero-order valence-corrected chi connectivity index (χ0v) is 12.6. The highest BCUT2D eigenvalue weighted by Gasteiger charge is 2.45. The van der Waals surface area contributed by atoms with E-state index in [9.17, 15) is 9.59 Å². The molecule has 0 bridgehead atoms. The molecule has 6 heteroatoms. The second-order valence-electron chi connectivity index (χ2n) is 6.44. The van der Waals surface area contributed by atoms with Gasteiger partial charge in [0.05, 0.1) is 32.5 Å². The van der Waals surface area contributed by atoms with Crippen molar-refractivity contribution in [2.75, 3.05) is 26.4 Å². The van der Waals surface area contributed by atoms with Crippen LogP contribution in [0, 0.1) is 0 Å². The molecule has 4 rings (SSSR count). The summed E-state index contributed by atoms with van der Waals surface area (Å²) in [5.74, 6) is -0.797. The number of carbonyl (C=O) groups is 2. The van der Waals surface area contributed by atoms with E-state index in [0.29, 0.717) is 39.2 Å². The molecular weight excluding hydrogens is 286 g/mol. The first-order valence-electron chi connectivity index (χ1n) is 8.16. The molecule has 1 unspecified atom stereocenters. The molecule has 6 nitrogen and oxygen atoms in total. The van der Waals surface area contributed by atoms with Gasteiger partial charge in [-0.15, -0.1) is 0 Å². The maximum Gasteiger partial charge on any atom is 0.257 e. The van der Waals surface area contributed by atoms with Gasteiger partial charge in [0, 0.05) is 24.0 Å². The molecular formula is C16H21NO5. The fraction of sp³-hybridized carbons (Fsp3) is 0.750. The van der Waals surface area contributed by atoms with Crippen molar-refractivity contribution in [2.24, 2.45) is 0 Å². The number of nitrogens with zero attached hydrogens (tertiary/aromatic N) is 1. The Morgan fingerprint density at radius 1 is 1.00 bits per heavy atom. The van der Waals surface area contributed by atoms with Crippen LogP contribution in [0.2, 0.25) is 0 Å². The molecule has 2 fully saturated rings. The van der Waals surface area contributed by atoms with Gasteiger partial charge < -0.3 is 14.2 Å². The molecule has 120 valence electrons. The number of hydrogen-bond donors (Lipinski definition) is 0. The van der Waals surface area contributed by atoms with Crippen molar-refractivity contribution in [3.8, 4) is 0 Å². The lowest BCUT2D eigenvalue weighted by Gasteiger charge is -2.37. The summed E-state index contributed by atoms with van der Waals surface area (Å²) in [6.45, 7) is 2.04. The van der Waals surface area contributed by atoms with Gasteiger partial charge in [-0.25, -0.2) is 0 Å². The third-order valence-corrected chi connectivity index (χ3v) is 5.05. The van der Waals surface area contributed by atoms with Crippen LogP contribution in [0.15, 0.2) is 11.1 Å². The van der Waals surface area contributed by atoms with Crippen molar-refractivity contribution in [1.82, 2.24) is 4.90 Å². The molecule has 0 radical (unpaired) electrons. The van der Waals surface area contributed by atoms with Gasteiger partial charge in [0.2, 0.25) is 0 Å². The standard InChI is InChI=1S/C16H21NO5/c18-14-12-3-1-2-4-13(12)15(19)17(14)10-11-9-16(5-6-20-11)21-7-8-22-16/h11H,1-10H2. The molecule has 4 aliphatic rings. The van der Waals surface area contributed by atoms with E-state index in [-0.39, 0.29) is 17.9 Å². The van der Waals surface area contributed by atoms with Crippen molar-refractivity contribution in [3.63, 3.8) is 0 Å². The highest BCUT2D eigenvalue weighted by molar-refractivity contribution is 6.19. The lowest BCUT2D eigenvalue weighted by molar-refractivity contribution is -0.222. The minimum absolute atomic E-state index is 0.115. The predicted molar refractivity (Wildman–Crippen MR) is 75.8 cm³/mol. The normalized spacial score (nSPS) is 31.3. The van der Waals surface area contributed by atoms with Gasteiger partial charge in [-0.3, -0.25) is 14.5 Å². The SMILES string of the molecule is O=C1C2=C(CCCC2)C(=O)N1CC1CC2(CCO1)OCCO2. The van der Waals surface area contributed by atoms with Crippen LogP contribution in [0.25, 0.3) is 0 Å². The lowest BCUT2D eigenvalue weighted by atomic mass is 9.93. The van der Waals surface area contributed by atoms with E-state index in [1.165, 1.54) is 4.90 Å². The Balaban J connectivity index is 1.45. The smallest absolute Gasteiger partial charge is 0.257 e. The quantitative estimate of drug-likeness (QED) is 0.716. The molecule has 3 aliphatic heterocycles. The number of hydrogen-bond acceptors (Lipinski definition) is 5. The lowest BCUT2D eigenvalue weighted by Crippen LogP contribution is -2.47. The maximum absolute atomic E-state index is 12.5. The summed E-state index contributed by atoms with van der Waals surface area (Å²) in [5.41, 5.74) is 1.46. The van der Waals surface area contributed by atoms with Gasteiger partial charge >= 0.3 is 0 Å². The Hall–Kier alpha value is -1.24. The molecule has 1 aliphatic carbocycles. The summed E-state index contributed by atoms with van der Waals surface area (Å²) in [6, 6.07) is 0. The number of ether oxygens (including phenoxy) is 3. The monoisotopic (exact) mass is 307 g/mol.